The number of carbonyl (C=O) groups excluding carboxylic acids is 1. The Morgan fingerprint density at radius 1 is 1.47 bits per heavy atom. The van der Waals surface area contributed by atoms with Gasteiger partial charge in [-0.25, -0.2) is 4.63 Å². The summed E-state index contributed by atoms with van der Waals surface area (Å²) in [4.78, 5) is 24.0. The van der Waals surface area contributed by atoms with Gasteiger partial charge in [0.15, 0.2) is 0 Å². The summed E-state index contributed by atoms with van der Waals surface area (Å²) in [7, 11) is 0. The van der Waals surface area contributed by atoms with Crippen LogP contribution in [0, 0.1) is 0 Å². The second-order valence-electron chi connectivity index (χ2n) is 3.87. The maximum Gasteiger partial charge on any atom is 0.305 e. The van der Waals surface area contributed by atoms with Gasteiger partial charge in [-0.2, -0.15) is 0 Å². The van der Waals surface area contributed by atoms with Gasteiger partial charge in [0, 0.05) is 12.6 Å². The summed E-state index contributed by atoms with van der Waals surface area (Å²) < 4.78 is 4.35. The largest absolute Gasteiger partial charge is 0.481 e. The Bertz CT molecular complexity index is 440. The van der Waals surface area contributed by atoms with Crippen LogP contribution in [-0.4, -0.2) is 44.8 Å². The van der Waals surface area contributed by atoms with Crippen LogP contribution < -0.4 is 5.73 Å². The average Bonchev–Trinajstić information content (AvgIpc) is 3.00. The molecule has 0 radical (unpaired) electrons. The molecule has 0 atom stereocenters. The number of nitrogens with zero attached hydrogens (tertiary/aromatic N) is 3. The highest BCUT2D eigenvalue weighted by molar-refractivity contribution is 5.96. The number of rotatable bonds is 5. The lowest BCUT2D eigenvalue weighted by atomic mass is 10.3. The van der Waals surface area contributed by atoms with Gasteiger partial charge in [0.2, 0.25) is 11.5 Å². The SMILES string of the molecule is Nc1nonc1C(=O)N(CCC(=O)O)C1CC1. The van der Waals surface area contributed by atoms with Crippen LogP contribution in [0.3, 0.4) is 0 Å². The number of hydrogen-bond donors (Lipinski definition) is 2. The average molecular weight is 240 g/mol. The number of amides is 1. The molecular formula is C9H12N4O4. The fourth-order valence-corrected chi connectivity index (χ4v) is 1.53. The summed E-state index contributed by atoms with van der Waals surface area (Å²) in [6, 6.07) is 0.0814. The van der Waals surface area contributed by atoms with Gasteiger partial charge < -0.3 is 15.7 Å². The number of carboxylic acids is 1. The predicted molar refractivity (Wildman–Crippen MR) is 55.0 cm³/mol. The molecule has 1 aliphatic carbocycles. The quantitative estimate of drug-likeness (QED) is 0.726. The Kier molecular flexibility index (Phi) is 2.94. The van der Waals surface area contributed by atoms with Gasteiger partial charge in [-0.15, -0.1) is 0 Å². The van der Waals surface area contributed by atoms with Gasteiger partial charge in [0.1, 0.15) is 0 Å². The van der Waals surface area contributed by atoms with Crippen molar-refractivity contribution in [1.29, 1.82) is 0 Å². The topological polar surface area (TPSA) is 123 Å². The zero-order valence-corrected chi connectivity index (χ0v) is 9.00. The molecule has 3 N–H and O–H groups in total. The molecule has 0 spiro atoms. The minimum absolute atomic E-state index is 0.0534. The number of carbonyl (C=O) groups is 2. The fourth-order valence-electron chi connectivity index (χ4n) is 1.53. The van der Waals surface area contributed by atoms with E-state index in [0.29, 0.717) is 0 Å². The number of aliphatic carboxylic acids is 1. The van der Waals surface area contributed by atoms with E-state index in [9.17, 15) is 9.59 Å². The van der Waals surface area contributed by atoms with E-state index in [1.165, 1.54) is 4.90 Å². The minimum Gasteiger partial charge on any atom is -0.481 e. The molecule has 0 saturated heterocycles. The van der Waals surface area contributed by atoms with Crippen LogP contribution in [0.4, 0.5) is 5.82 Å². The summed E-state index contributed by atoms with van der Waals surface area (Å²) in [5.74, 6) is -1.45. The molecule has 2 rings (SSSR count). The molecule has 0 aliphatic heterocycles. The highest BCUT2D eigenvalue weighted by atomic mass is 16.6. The highest BCUT2D eigenvalue weighted by Crippen LogP contribution is 2.28. The second-order valence-corrected chi connectivity index (χ2v) is 3.87. The highest BCUT2D eigenvalue weighted by Gasteiger charge is 2.35. The molecule has 0 unspecified atom stereocenters. The molecule has 1 aliphatic rings. The van der Waals surface area contributed by atoms with E-state index in [4.69, 9.17) is 10.8 Å². The predicted octanol–water partition coefficient (Wildman–Crippen LogP) is -0.269. The number of nitrogens with two attached hydrogens (primary N) is 1. The molecule has 1 aromatic rings. The second kappa shape index (κ2) is 4.40. The molecule has 8 heteroatoms. The third-order valence-corrected chi connectivity index (χ3v) is 2.53. The summed E-state index contributed by atoms with van der Waals surface area (Å²) in [6.07, 6.45) is 1.64. The van der Waals surface area contributed by atoms with E-state index < -0.39 is 11.9 Å². The van der Waals surface area contributed by atoms with Crippen molar-refractivity contribution in [2.75, 3.05) is 12.3 Å². The third-order valence-electron chi connectivity index (χ3n) is 2.53. The van der Waals surface area contributed by atoms with Crippen LogP contribution in [0.15, 0.2) is 4.63 Å². The first-order valence-corrected chi connectivity index (χ1v) is 5.20. The van der Waals surface area contributed by atoms with Crippen molar-refractivity contribution in [2.45, 2.75) is 25.3 Å². The Morgan fingerprint density at radius 2 is 2.18 bits per heavy atom. The van der Waals surface area contributed by atoms with Crippen LogP contribution in [0.25, 0.3) is 0 Å². The van der Waals surface area contributed by atoms with Gasteiger partial charge >= 0.3 is 5.97 Å². The molecule has 1 aromatic heterocycles. The first-order valence-electron chi connectivity index (χ1n) is 5.20. The third kappa shape index (κ3) is 2.52. The van der Waals surface area contributed by atoms with Crippen LogP contribution in [0.1, 0.15) is 29.8 Å². The molecule has 1 amide bonds. The molecular weight excluding hydrogens is 228 g/mol. The zero-order valence-electron chi connectivity index (χ0n) is 9.00. The first-order chi connectivity index (χ1) is 8.09. The molecule has 92 valence electrons. The maximum atomic E-state index is 12.0. The molecule has 17 heavy (non-hydrogen) atoms. The Morgan fingerprint density at radius 3 is 2.65 bits per heavy atom. The first kappa shape index (κ1) is 11.4. The molecule has 1 heterocycles. The maximum absolute atomic E-state index is 12.0. The van der Waals surface area contributed by atoms with Gasteiger partial charge in [0.05, 0.1) is 6.42 Å². The molecule has 1 saturated carbocycles. The van der Waals surface area contributed by atoms with E-state index in [1.54, 1.807) is 0 Å². The lowest BCUT2D eigenvalue weighted by molar-refractivity contribution is -0.137. The standard InChI is InChI=1S/C9H12N4O4/c10-8-7(11-17-12-8)9(16)13(5-1-2-5)4-3-6(14)15/h5H,1-4H2,(H2,10,12)(H,14,15). The van der Waals surface area contributed by atoms with E-state index in [0.717, 1.165) is 12.8 Å². The normalized spacial score (nSPS) is 14.6. The van der Waals surface area contributed by atoms with Crippen molar-refractivity contribution in [2.24, 2.45) is 0 Å². The smallest absolute Gasteiger partial charge is 0.305 e. The van der Waals surface area contributed by atoms with E-state index >= 15 is 0 Å². The molecule has 0 aromatic carbocycles. The Balaban J connectivity index is 2.08. The fraction of sp³-hybridized carbons (Fsp3) is 0.556. The molecule has 8 nitrogen and oxygen atoms in total. The Labute approximate surface area is 96.3 Å². The van der Waals surface area contributed by atoms with Crippen molar-refractivity contribution < 1.29 is 19.3 Å². The van der Waals surface area contributed by atoms with Gasteiger partial charge in [-0.3, -0.25) is 9.59 Å². The Hall–Kier alpha value is -2.12. The number of carboxylic acid groups (broad SMARTS) is 1. The number of hydrogen-bond acceptors (Lipinski definition) is 6. The summed E-state index contributed by atoms with van der Waals surface area (Å²) >= 11 is 0. The lowest BCUT2D eigenvalue weighted by Gasteiger charge is -2.19. The van der Waals surface area contributed by atoms with Crippen molar-refractivity contribution in [3.63, 3.8) is 0 Å². The van der Waals surface area contributed by atoms with E-state index in [1.807, 2.05) is 0 Å². The number of anilines is 1. The van der Waals surface area contributed by atoms with Crippen LogP contribution in [0.2, 0.25) is 0 Å². The van der Waals surface area contributed by atoms with E-state index in [2.05, 4.69) is 14.9 Å². The van der Waals surface area contributed by atoms with Crippen molar-refractivity contribution >= 4 is 17.7 Å². The number of aromatic nitrogens is 2. The summed E-state index contributed by atoms with van der Waals surface area (Å²) in [5, 5.41) is 15.4. The number of nitrogen functional groups attached to an aromatic ring is 1. The van der Waals surface area contributed by atoms with E-state index in [-0.39, 0.29) is 30.5 Å². The van der Waals surface area contributed by atoms with Gasteiger partial charge in [0.25, 0.3) is 5.91 Å². The monoisotopic (exact) mass is 240 g/mol. The van der Waals surface area contributed by atoms with Crippen molar-refractivity contribution in [3.8, 4) is 0 Å². The molecule has 0 bridgehead atoms. The summed E-state index contributed by atoms with van der Waals surface area (Å²) in [5.41, 5.74) is 5.37. The van der Waals surface area contributed by atoms with Gasteiger partial charge in [-0.05, 0) is 23.2 Å². The van der Waals surface area contributed by atoms with Crippen molar-refractivity contribution in [1.82, 2.24) is 15.2 Å². The van der Waals surface area contributed by atoms with Crippen LogP contribution in [-0.2, 0) is 4.79 Å². The minimum atomic E-state index is -0.949. The van der Waals surface area contributed by atoms with Crippen LogP contribution >= 0.6 is 0 Å². The lowest BCUT2D eigenvalue weighted by Crippen LogP contribution is -2.35. The summed E-state index contributed by atoms with van der Waals surface area (Å²) in [6.45, 7) is 0.144. The van der Waals surface area contributed by atoms with Gasteiger partial charge in [-0.1, -0.05) is 0 Å². The van der Waals surface area contributed by atoms with Crippen LogP contribution in [0.5, 0.6) is 0 Å². The molecule has 1 fully saturated rings. The zero-order chi connectivity index (χ0) is 12.4. The van der Waals surface area contributed by atoms with Crippen molar-refractivity contribution in [3.05, 3.63) is 5.69 Å².